The molecule has 1 aromatic rings. The number of methoxy groups -OCH3 is 1. The van der Waals surface area contributed by atoms with E-state index in [1.165, 1.54) is 19.4 Å². The summed E-state index contributed by atoms with van der Waals surface area (Å²) in [5.41, 5.74) is 0.228. The Morgan fingerprint density at radius 1 is 1.19 bits per heavy atom. The van der Waals surface area contributed by atoms with Crippen LogP contribution in [0.2, 0.25) is 0 Å². The Balaban J connectivity index is 1.68. The Hall–Kier alpha value is -2.84. The van der Waals surface area contributed by atoms with Gasteiger partial charge >= 0.3 is 18.1 Å². The Labute approximate surface area is 157 Å². The zero-order chi connectivity index (χ0) is 19.8. The summed E-state index contributed by atoms with van der Waals surface area (Å²) in [6, 6.07) is 2.95. The average Bonchev–Trinajstić information content (AvgIpc) is 2.96. The molecule has 0 saturated carbocycles. The molecular formula is C18H24N4O5. The van der Waals surface area contributed by atoms with E-state index < -0.39 is 11.6 Å². The molecule has 9 heteroatoms. The van der Waals surface area contributed by atoms with Gasteiger partial charge in [-0.15, -0.1) is 0 Å². The van der Waals surface area contributed by atoms with Crippen LogP contribution in [0.3, 0.4) is 0 Å². The molecular weight excluding hydrogens is 352 g/mol. The van der Waals surface area contributed by atoms with Gasteiger partial charge in [0.05, 0.1) is 25.0 Å². The van der Waals surface area contributed by atoms with Crippen LogP contribution >= 0.6 is 0 Å². The highest BCUT2D eigenvalue weighted by Gasteiger charge is 2.43. The molecule has 0 spiro atoms. The lowest BCUT2D eigenvalue weighted by atomic mass is 10.2. The van der Waals surface area contributed by atoms with Crippen LogP contribution in [0.15, 0.2) is 18.3 Å². The number of urea groups is 1. The molecule has 0 aliphatic carbocycles. The van der Waals surface area contributed by atoms with Crippen molar-refractivity contribution in [1.29, 1.82) is 0 Å². The molecule has 3 amide bonds. The molecule has 146 valence electrons. The Kier molecular flexibility index (Phi) is 4.95. The molecule has 1 atom stereocenters. The van der Waals surface area contributed by atoms with Gasteiger partial charge in [-0.25, -0.2) is 19.4 Å². The van der Waals surface area contributed by atoms with Gasteiger partial charge in [0.15, 0.2) is 0 Å². The standard InChI is InChI=1S/C18H24N4O5/c1-18(2,3)27-17(25)20-7-8-21-13(10-20)11-22(16(21)24)12-5-6-14(19-9-12)15(23)26-4/h5-6,9,13H,7-8,10-11H2,1-4H3. The third kappa shape index (κ3) is 3.96. The van der Waals surface area contributed by atoms with Crippen LogP contribution in [0.4, 0.5) is 15.3 Å². The number of anilines is 1. The number of carbonyl (C=O) groups excluding carboxylic acids is 3. The third-order valence-corrected chi connectivity index (χ3v) is 4.46. The van der Waals surface area contributed by atoms with Gasteiger partial charge in [-0.2, -0.15) is 0 Å². The predicted octanol–water partition coefficient (Wildman–Crippen LogP) is 1.73. The minimum Gasteiger partial charge on any atom is -0.464 e. The molecule has 3 heterocycles. The fourth-order valence-electron chi connectivity index (χ4n) is 3.19. The Morgan fingerprint density at radius 2 is 1.93 bits per heavy atom. The largest absolute Gasteiger partial charge is 0.464 e. The first-order valence-corrected chi connectivity index (χ1v) is 8.80. The highest BCUT2D eigenvalue weighted by molar-refractivity contribution is 5.95. The number of nitrogens with zero attached hydrogens (tertiary/aromatic N) is 4. The quantitative estimate of drug-likeness (QED) is 0.730. The minimum absolute atomic E-state index is 0.112. The number of amides is 3. The maximum Gasteiger partial charge on any atom is 0.410 e. The summed E-state index contributed by atoms with van der Waals surface area (Å²) in [7, 11) is 1.29. The van der Waals surface area contributed by atoms with Gasteiger partial charge in [-0.05, 0) is 32.9 Å². The molecule has 1 aromatic heterocycles. The average molecular weight is 376 g/mol. The van der Waals surface area contributed by atoms with Gasteiger partial charge < -0.3 is 19.3 Å². The van der Waals surface area contributed by atoms with Crippen molar-refractivity contribution < 1.29 is 23.9 Å². The lowest BCUT2D eigenvalue weighted by Gasteiger charge is -2.36. The minimum atomic E-state index is -0.557. The van der Waals surface area contributed by atoms with Crippen LogP contribution in [-0.4, -0.2) is 77.8 Å². The second-order valence-corrected chi connectivity index (χ2v) is 7.56. The van der Waals surface area contributed by atoms with Crippen molar-refractivity contribution >= 4 is 23.8 Å². The summed E-state index contributed by atoms with van der Waals surface area (Å²) in [4.78, 5) is 45.6. The predicted molar refractivity (Wildman–Crippen MR) is 96.6 cm³/mol. The topological polar surface area (TPSA) is 92.3 Å². The van der Waals surface area contributed by atoms with Gasteiger partial charge in [0.25, 0.3) is 0 Å². The molecule has 1 unspecified atom stereocenters. The number of hydrogen-bond donors (Lipinski definition) is 0. The van der Waals surface area contributed by atoms with E-state index in [9.17, 15) is 14.4 Å². The number of aromatic nitrogens is 1. The first-order chi connectivity index (χ1) is 12.7. The number of pyridine rings is 1. The van der Waals surface area contributed by atoms with Crippen molar-refractivity contribution in [2.24, 2.45) is 0 Å². The van der Waals surface area contributed by atoms with Crippen molar-refractivity contribution in [1.82, 2.24) is 14.8 Å². The van der Waals surface area contributed by atoms with Gasteiger partial charge in [0.2, 0.25) is 0 Å². The van der Waals surface area contributed by atoms with Crippen LogP contribution in [-0.2, 0) is 9.47 Å². The molecule has 2 saturated heterocycles. The number of rotatable bonds is 2. The number of piperazine rings is 1. The van der Waals surface area contributed by atoms with E-state index in [-0.39, 0.29) is 23.9 Å². The van der Waals surface area contributed by atoms with Crippen LogP contribution in [0.5, 0.6) is 0 Å². The number of fused-ring (bicyclic) bond motifs is 1. The number of esters is 1. The van der Waals surface area contributed by atoms with Crippen LogP contribution < -0.4 is 4.90 Å². The Bertz CT molecular complexity index is 743. The molecule has 0 bridgehead atoms. The highest BCUT2D eigenvalue weighted by atomic mass is 16.6. The zero-order valence-electron chi connectivity index (χ0n) is 16.0. The van der Waals surface area contributed by atoms with Crippen molar-refractivity contribution in [2.75, 3.05) is 38.2 Å². The smallest absolute Gasteiger partial charge is 0.410 e. The van der Waals surface area contributed by atoms with E-state index in [0.29, 0.717) is 31.9 Å². The first kappa shape index (κ1) is 18.9. The van der Waals surface area contributed by atoms with Gasteiger partial charge in [0.1, 0.15) is 11.3 Å². The summed E-state index contributed by atoms with van der Waals surface area (Å²) < 4.78 is 10.1. The second-order valence-electron chi connectivity index (χ2n) is 7.56. The summed E-state index contributed by atoms with van der Waals surface area (Å²) in [6.45, 7) is 7.23. The maximum atomic E-state index is 12.7. The second kappa shape index (κ2) is 7.05. The summed E-state index contributed by atoms with van der Waals surface area (Å²) in [5, 5.41) is 0. The summed E-state index contributed by atoms with van der Waals surface area (Å²) in [6.07, 6.45) is 1.12. The molecule has 27 heavy (non-hydrogen) atoms. The zero-order valence-corrected chi connectivity index (χ0v) is 16.0. The van der Waals surface area contributed by atoms with E-state index in [0.717, 1.165) is 0 Å². The normalized spacial score (nSPS) is 19.8. The molecule has 0 N–H and O–H groups in total. The van der Waals surface area contributed by atoms with E-state index in [4.69, 9.17) is 4.74 Å². The fraction of sp³-hybridized carbons (Fsp3) is 0.556. The lowest BCUT2D eigenvalue weighted by molar-refractivity contribution is 0.0128. The molecule has 2 aliphatic rings. The monoisotopic (exact) mass is 376 g/mol. The molecule has 2 fully saturated rings. The molecule has 9 nitrogen and oxygen atoms in total. The van der Waals surface area contributed by atoms with E-state index in [1.54, 1.807) is 20.8 Å². The lowest BCUT2D eigenvalue weighted by Crippen LogP contribution is -2.54. The van der Waals surface area contributed by atoms with Gasteiger partial charge in [-0.3, -0.25) is 4.90 Å². The molecule has 3 rings (SSSR count). The summed E-state index contributed by atoms with van der Waals surface area (Å²) >= 11 is 0. The number of carbonyl (C=O) groups is 3. The van der Waals surface area contributed by atoms with Gasteiger partial charge in [-0.1, -0.05) is 0 Å². The van der Waals surface area contributed by atoms with Crippen molar-refractivity contribution in [2.45, 2.75) is 32.4 Å². The van der Waals surface area contributed by atoms with Crippen LogP contribution in [0.1, 0.15) is 31.3 Å². The van der Waals surface area contributed by atoms with Crippen molar-refractivity contribution in [3.63, 3.8) is 0 Å². The molecule has 0 radical (unpaired) electrons. The fourth-order valence-corrected chi connectivity index (χ4v) is 3.19. The Morgan fingerprint density at radius 3 is 2.52 bits per heavy atom. The van der Waals surface area contributed by atoms with Crippen LogP contribution in [0, 0.1) is 0 Å². The highest BCUT2D eigenvalue weighted by Crippen LogP contribution is 2.26. The third-order valence-electron chi connectivity index (χ3n) is 4.46. The maximum absolute atomic E-state index is 12.7. The molecule has 0 aromatic carbocycles. The summed E-state index contributed by atoms with van der Waals surface area (Å²) in [5.74, 6) is -0.528. The van der Waals surface area contributed by atoms with Crippen LogP contribution in [0.25, 0.3) is 0 Å². The van der Waals surface area contributed by atoms with E-state index in [1.807, 2.05) is 20.8 Å². The van der Waals surface area contributed by atoms with Crippen molar-refractivity contribution in [3.8, 4) is 0 Å². The van der Waals surface area contributed by atoms with Gasteiger partial charge in [0, 0.05) is 26.2 Å². The van der Waals surface area contributed by atoms with E-state index in [2.05, 4.69) is 9.72 Å². The number of hydrogen-bond acceptors (Lipinski definition) is 6. The SMILES string of the molecule is COC(=O)c1ccc(N2CC3CN(C(=O)OC(C)(C)C)CCN3C2=O)cn1. The van der Waals surface area contributed by atoms with E-state index >= 15 is 0 Å². The number of ether oxygens (including phenoxy) is 2. The first-order valence-electron chi connectivity index (χ1n) is 8.80. The van der Waals surface area contributed by atoms with Crippen molar-refractivity contribution in [3.05, 3.63) is 24.0 Å². The molecule has 2 aliphatic heterocycles.